The van der Waals surface area contributed by atoms with Crippen LogP contribution in [0.2, 0.25) is 0 Å². The number of nitrogens with one attached hydrogen (secondary N) is 1. The van der Waals surface area contributed by atoms with Crippen molar-refractivity contribution in [3.8, 4) is 0 Å². The number of fused-ring (bicyclic) bond motifs is 1. The molecule has 3 rings (SSSR count). The van der Waals surface area contributed by atoms with Crippen LogP contribution in [-0.2, 0) is 13.5 Å². The molecule has 24 heavy (non-hydrogen) atoms. The van der Waals surface area contributed by atoms with E-state index in [4.69, 9.17) is 0 Å². The van der Waals surface area contributed by atoms with Gasteiger partial charge in [0.05, 0.1) is 5.69 Å². The van der Waals surface area contributed by atoms with Crippen LogP contribution in [0.25, 0.3) is 0 Å². The Morgan fingerprint density at radius 3 is 2.88 bits per heavy atom. The van der Waals surface area contributed by atoms with Gasteiger partial charge in [0.2, 0.25) is 0 Å². The first-order chi connectivity index (χ1) is 11.5. The summed E-state index contributed by atoms with van der Waals surface area (Å²) in [4.78, 5) is 15.2. The SMILES string of the molecule is CC(C)Cc1cc(C(=O)NCC2CCCN3CCCCC23)n(C)n1. The van der Waals surface area contributed by atoms with Crippen molar-refractivity contribution < 1.29 is 4.79 Å². The Kier molecular flexibility index (Phi) is 5.59. The molecule has 2 unspecified atom stereocenters. The van der Waals surface area contributed by atoms with Crippen LogP contribution in [0.15, 0.2) is 6.07 Å². The first kappa shape index (κ1) is 17.5. The van der Waals surface area contributed by atoms with Crippen LogP contribution in [0.4, 0.5) is 0 Å². The minimum atomic E-state index is 0.0212. The lowest BCUT2D eigenvalue weighted by molar-refractivity contribution is 0.0574. The molecule has 0 saturated carbocycles. The zero-order valence-corrected chi connectivity index (χ0v) is 15.4. The molecule has 2 aliphatic heterocycles. The Bertz CT molecular complexity index is 564. The van der Waals surface area contributed by atoms with Crippen LogP contribution in [0.3, 0.4) is 0 Å². The van der Waals surface area contributed by atoms with E-state index in [9.17, 15) is 4.79 Å². The normalized spacial score (nSPS) is 24.8. The molecule has 0 radical (unpaired) electrons. The number of aryl methyl sites for hydroxylation is 1. The second-order valence-corrected chi connectivity index (χ2v) is 7.95. The van der Waals surface area contributed by atoms with Crippen molar-refractivity contribution in [1.82, 2.24) is 20.0 Å². The highest BCUT2D eigenvalue weighted by Gasteiger charge is 2.33. The molecule has 1 N–H and O–H groups in total. The molecule has 1 aromatic heterocycles. The molecule has 0 aliphatic carbocycles. The van der Waals surface area contributed by atoms with Crippen LogP contribution in [0.5, 0.6) is 0 Å². The smallest absolute Gasteiger partial charge is 0.269 e. The molecule has 1 amide bonds. The van der Waals surface area contributed by atoms with Crippen molar-refractivity contribution in [1.29, 1.82) is 0 Å². The Labute approximate surface area is 145 Å². The molecule has 0 spiro atoms. The minimum absolute atomic E-state index is 0.0212. The Balaban J connectivity index is 1.58. The highest BCUT2D eigenvalue weighted by atomic mass is 16.2. The van der Waals surface area contributed by atoms with Crippen LogP contribution in [-0.4, -0.2) is 46.3 Å². The summed E-state index contributed by atoms with van der Waals surface area (Å²) in [6, 6.07) is 2.62. The van der Waals surface area contributed by atoms with Gasteiger partial charge in [-0.25, -0.2) is 0 Å². The molecule has 2 saturated heterocycles. The van der Waals surface area contributed by atoms with Gasteiger partial charge < -0.3 is 10.2 Å². The summed E-state index contributed by atoms with van der Waals surface area (Å²) < 4.78 is 1.72. The maximum Gasteiger partial charge on any atom is 0.269 e. The van der Waals surface area contributed by atoms with Crippen molar-refractivity contribution in [3.63, 3.8) is 0 Å². The lowest BCUT2D eigenvalue weighted by Gasteiger charge is -2.44. The summed E-state index contributed by atoms with van der Waals surface area (Å²) in [5, 5.41) is 7.66. The standard InChI is InChI=1S/C19H32N4O/c1-14(2)11-16-12-18(22(3)21-16)19(24)20-13-15-7-6-10-23-9-5-4-8-17(15)23/h12,14-15,17H,4-11,13H2,1-3H3,(H,20,24). The molecule has 2 atom stereocenters. The third-order valence-corrected chi connectivity index (χ3v) is 5.53. The maximum absolute atomic E-state index is 12.6. The number of piperidine rings is 2. The van der Waals surface area contributed by atoms with Crippen molar-refractivity contribution in [2.45, 2.75) is 58.4 Å². The molecule has 0 aromatic carbocycles. The van der Waals surface area contributed by atoms with Gasteiger partial charge in [-0.15, -0.1) is 0 Å². The second kappa shape index (κ2) is 7.68. The van der Waals surface area contributed by atoms with Gasteiger partial charge in [0, 0.05) is 19.6 Å². The van der Waals surface area contributed by atoms with Gasteiger partial charge in [0.1, 0.15) is 5.69 Å². The number of hydrogen-bond donors (Lipinski definition) is 1. The van der Waals surface area contributed by atoms with Gasteiger partial charge in [-0.05, 0) is 63.1 Å². The van der Waals surface area contributed by atoms with Gasteiger partial charge in [-0.2, -0.15) is 5.10 Å². The summed E-state index contributed by atoms with van der Waals surface area (Å²) in [7, 11) is 1.86. The number of carbonyl (C=O) groups is 1. The lowest BCUT2D eigenvalue weighted by Crippen LogP contribution is -2.51. The summed E-state index contributed by atoms with van der Waals surface area (Å²) >= 11 is 0. The number of nitrogens with zero attached hydrogens (tertiary/aromatic N) is 3. The third-order valence-electron chi connectivity index (χ3n) is 5.53. The summed E-state index contributed by atoms with van der Waals surface area (Å²) in [6.45, 7) is 7.64. The van der Waals surface area contributed by atoms with Crippen molar-refractivity contribution >= 4 is 5.91 Å². The number of carbonyl (C=O) groups excluding carboxylic acids is 1. The van der Waals surface area contributed by atoms with E-state index in [0.29, 0.717) is 23.6 Å². The van der Waals surface area contributed by atoms with E-state index in [1.807, 2.05) is 13.1 Å². The van der Waals surface area contributed by atoms with Crippen molar-refractivity contribution in [3.05, 3.63) is 17.5 Å². The fourth-order valence-corrected chi connectivity index (χ4v) is 4.39. The van der Waals surface area contributed by atoms with E-state index < -0.39 is 0 Å². The molecule has 3 heterocycles. The van der Waals surface area contributed by atoms with Gasteiger partial charge in [0.25, 0.3) is 5.91 Å². The highest BCUT2D eigenvalue weighted by molar-refractivity contribution is 5.92. The van der Waals surface area contributed by atoms with Gasteiger partial charge in [0.15, 0.2) is 0 Å². The lowest BCUT2D eigenvalue weighted by atomic mass is 9.83. The number of rotatable bonds is 5. The maximum atomic E-state index is 12.6. The molecule has 1 aromatic rings. The van der Waals surface area contributed by atoms with E-state index in [-0.39, 0.29) is 5.91 Å². The minimum Gasteiger partial charge on any atom is -0.350 e. The van der Waals surface area contributed by atoms with Crippen molar-refractivity contribution in [2.24, 2.45) is 18.9 Å². The summed E-state index contributed by atoms with van der Waals surface area (Å²) in [5.41, 5.74) is 1.69. The van der Waals surface area contributed by atoms with Gasteiger partial charge in [-0.1, -0.05) is 20.3 Å². The number of hydrogen-bond acceptors (Lipinski definition) is 3. The topological polar surface area (TPSA) is 50.2 Å². The van der Waals surface area contributed by atoms with Crippen LogP contribution in [0.1, 0.15) is 62.1 Å². The monoisotopic (exact) mass is 332 g/mol. The highest BCUT2D eigenvalue weighted by Crippen LogP contribution is 2.30. The largest absolute Gasteiger partial charge is 0.350 e. The molecule has 5 heteroatoms. The van der Waals surface area contributed by atoms with E-state index in [0.717, 1.165) is 18.7 Å². The van der Waals surface area contributed by atoms with Crippen LogP contribution < -0.4 is 5.32 Å². The van der Waals surface area contributed by atoms with E-state index in [1.165, 1.54) is 45.2 Å². The van der Waals surface area contributed by atoms with Gasteiger partial charge >= 0.3 is 0 Å². The molecule has 0 bridgehead atoms. The fourth-order valence-electron chi connectivity index (χ4n) is 4.39. The first-order valence-electron chi connectivity index (χ1n) is 9.59. The summed E-state index contributed by atoms with van der Waals surface area (Å²) in [5.74, 6) is 1.18. The zero-order chi connectivity index (χ0) is 17.1. The van der Waals surface area contributed by atoms with Gasteiger partial charge in [-0.3, -0.25) is 9.48 Å². The van der Waals surface area contributed by atoms with Crippen molar-refractivity contribution in [2.75, 3.05) is 19.6 Å². The molecule has 2 fully saturated rings. The Morgan fingerprint density at radius 2 is 2.08 bits per heavy atom. The number of amides is 1. The molecule has 5 nitrogen and oxygen atoms in total. The fraction of sp³-hybridized carbons (Fsp3) is 0.789. The predicted octanol–water partition coefficient (Wildman–Crippen LogP) is 2.61. The van der Waals surface area contributed by atoms with E-state index >= 15 is 0 Å². The average molecular weight is 332 g/mol. The molecule has 2 aliphatic rings. The zero-order valence-electron chi connectivity index (χ0n) is 15.4. The third kappa shape index (κ3) is 4.00. The van der Waals surface area contributed by atoms with Crippen LogP contribution >= 0.6 is 0 Å². The summed E-state index contributed by atoms with van der Waals surface area (Å²) in [6.07, 6.45) is 7.40. The number of aromatic nitrogens is 2. The first-order valence-corrected chi connectivity index (χ1v) is 9.59. The predicted molar refractivity (Wildman–Crippen MR) is 96.0 cm³/mol. The Hall–Kier alpha value is -1.36. The molecular weight excluding hydrogens is 300 g/mol. The van der Waals surface area contributed by atoms with E-state index in [1.54, 1.807) is 4.68 Å². The van der Waals surface area contributed by atoms with E-state index in [2.05, 4.69) is 29.2 Å². The molecule has 134 valence electrons. The quantitative estimate of drug-likeness (QED) is 0.902. The second-order valence-electron chi connectivity index (χ2n) is 7.95. The Morgan fingerprint density at radius 1 is 1.29 bits per heavy atom. The average Bonchev–Trinajstić information content (AvgIpc) is 2.92. The molecular formula is C19H32N4O. The van der Waals surface area contributed by atoms with Crippen LogP contribution in [0, 0.1) is 11.8 Å².